The molecule has 1 fully saturated rings. The number of anilines is 1. The van der Waals surface area contributed by atoms with Gasteiger partial charge in [0.25, 0.3) is 0 Å². The van der Waals surface area contributed by atoms with E-state index in [1.165, 1.54) is 0 Å². The molecule has 5 rings (SSSR count). The minimum atomic E-state index is -0.240. The van der Waals surface area contributed by atoms with Crippen LogP contribution in [0.25, 0.3) is 22.3 Å². The average Bonchev–Trinajstić information content (AvgIpc) is 3.36. The summed E-state index contributed by atoms with van der Waals surface area (Å²) in [6.07, 6.45) is 3.30. The minimum absolute atomic E-state index is 0.139. The number of ether oxygens (including phenoxy) is 2. The molecule has 2 N–H and O–H groups in total. The van der Waals surface area contributed by atoms with E-state index in [-0.39, 0.29) is 12.0 Å². The van der Waals surface area contributed by atoms with Crippen molar-refractivity contribution in [2.75, 3.05) is 32.5 Å². The van der Waals surface area contributed by atoms with Crippen molar-refractivity contribution < 1.29 is 14.3 Å². The van der Waals surface area contributed by atoms with Crippen LogP contribution in [0.3, 0.4) is 0 Å². The smallest absolute Gasteiger partial charge is 0.409 e. The Morgan fingerprint density at radius 1 is 1.11 bits per heavy atom. The number of rotatable bonds is 6. The van der Waals surface area contributed by atoms with Gasteiger partial charge >= 0.3 is 6.09 Å². The highest BCUT2D eigenvalue weighted by atomic mass is 16.6. The second-order valence-electron chi connectivity index (χ2n) is 8.60. The van der Waals surface area contributed by atoms with Gasteiger partial charge in [-0.2, -0.15) is 0 Å². The van der Waals surface area contributed by atoms with Crippen molar-refractivity contribution in [3.8, 4) is 17.1 Å². The molecule has 0 radical (unpaired) electrons. The molecule has 1 aromatic carbocycles. The first kappa shape index (κ1) is 23.5. The standard InChI is InChI=1S/C25H28N8O3/c1-3-36-25(34)32-12-10-16(11-13-32)19-8-4-6-17(27-19)14-33-15-20(30-31-33)22-18-7-5-9-21(35-2)23(18)29-24(26)28-22/h4-9,15-16H,3,10-14H2,1-2H3,(H2,26,28,29). The number of nitrogen functional groups attached to an aromatic ring is 1. The normalized spacial score (nSPS) is 14.2. The predicted molar refractivity (Wildman–Crippen MR) is 133 cm³/mol. The number of amides is 1. The molecule has 4 heterocycles. The number of fused-ring (bicyclic) bond motifs is 1. The summed E-state index contributed by atoms with van der Waals surface area (Å²) in [6.45, 7) is 4.01. The number of hydrogen-bond donors (Lipinski definition) is 1. The summed E-state index contributed by atoms with van der Waals surface area (Å²) >= 11 is 0. The van der Waals surface area contributed by atoms with Gasteiger partial charge in [0, 0.05) is 30.1 Å². The number of carbonyl (C=O) groups excluding carboxylic acids is 1. The molecule has 11 nitrogen and oxygen atoms in total. The Labute approximate surface area is 208 Å². The number of piperidine rings is 1. The lowest BCUT2D eigenvalue weighted by molar-refractivity contribution is 0.0968. The Kier molecular flexibility index (Phi) is 6.61. The zero-order valence-corrected chi connectivity index (χ0v) is 20.3. The number of likely N-dealkylation sites (tertiary alicyclic amines) is 1. The summed E-state index contributed by atoms with van der Waals surface area (Å²) < 4.78 is 12.3. The number of nitrogens with two attached hydrogens (primary N) is 1. The van der Waals surface area contributed by atoms with E-state index in [0.29, 0.717) is 54.8 Å². The summed E-state index contributed by atoms with van der Waals surface area (Å²) in [5.41, 5.74) is 9.69. The SMILES string of the molecule is CCOC(=O)N1CCC(c2cccc(Cn3cc(-c4nc(N)nc5c(OC)cccc45)nn3)n2)CC1. The second-order valence-corrected chi connectivity index (χ2v) is 8.60. The van der Waals surface area contributed by atoms with E-state index in [9.17, 15) is 4.79 Å². The first-order valence-electron chi connectivity index (χ1n) is 11.9. The van der Waals surface area contributed by atoms with Crippen LogP contribution in [0.4, 0.5) is 10.7 Å². The molecule has 0 atom stereocenters. The number of hydrogen-bond acceptors (Lipinski definition) is 9. The maximum absolute atomic E-state index is 12.0. The third-order valence-electron chi connectivity index (χ3n) is 6.30. The highest BCUT2D eigenvalue weighted by molar-refractivity contribution is 5.95. The fraction of sp³-hybridized carbons (Fsp3) is 0.360. The first-order chi connectivity index (χ1) is 17.6. The lowest BCUT2D eigenvalue weighted by Crippen LogP contribution is -2.38. The summed E-state index contributed by atoms with van der Waals surface area (Å²) in [4.78, 5) is 27.4. The fourth-order valence-electron chi connectivity index (χ4n) is 4.54. The lowest BCUT2D eigenvalue weighted by atomic mass is 9.93. The van der Waals surface area contributed by atoms with Gasteiger partial charge in [0.05, 0.1) is 32.2 Å². The van der Waals surface area contributed by atoms with Crippen molar-refractivity contribution >= 4 is 22.9 Å². The quantitative estimate of drug-likeness (QED) is 0.434. The van der Waals surface area contributed by atoms with Gasteiger partial charge < -0.3 is 20.1 Å². The molecular formula is C25H28N8O3. The summed E-state index contributed by atoms with van der Waals surface area (Å²) in [7, 11) is 1.59. The third kappa shape index (κ3) is 4.77. The largest absolute Gasteiger partial charge is 0.494 e. The molecular weight excluding hydrogens is 460 g/mol. The summed E-state index contributed by atoms with van der Waals surface area (Å²) in [5, 5.41) is 9.41. The van der Waals surface area contributed by atoms with Gasteiger partial charge in [-0.3, -0.25) is 4.98 Å². The summed E-state index contributed by atoms with van der Waals surface area (Å²) in [5.74, 6) is 1.05. The van der Waals surface area contributed by atoms with Gasteiger partial charge in [0.2, 0.25) is 5.95 Å². The van der Waals surface area contributed by atoms with Gasteiger partial charge in [0.1, 0.15) is 22.7 Å². The molecule has 0 unspecified atom stereocenters. The second kappa shape index (κ2) is 10.1. The summed E-state index contributed by atoms with van der Waals surface area (Å²) in [6, 6.07) is 11.6. The van der Waals surface area contributed by atoms with Crippen molar-refractivity contribution in [1.82, 2.24) is 34.8 Å². The van der Waals surface area contributed by atoms with Gasteiger partial charge in [0.15, 0.2) is 0 Å². The molecule has 1 amide bonds. The lowest BCUT2D eigenvalue weighted by Gasteiger charge is -2.31. The van der Waals surface area contributed by atoms with Gasteiger partial charge in [-0.1, -0.05) is 23.4 Å². The van der Waals surface area contributed by atoms with Gasteiger partial charge in [-0.15, -0.1) is 5.10 Å². The Morgan fingerprint density at radius 3 is 2.69 bits per heavy atom. The van der Waals surface area contributed by atoms with E-state index in [0.717, 1.165) is 29.6 Å². The van der Waals surface area contributed by atoms with Gasteiger partial charge in [-0.25, -0.2) is 19.4 Å². The van der Waals surface area contributed by atoms with Crippen LogP contribution in [0.1, 0.15) is 37.1 Å². The molecule has 1 saturated heterocycles. The van der Waals surface area contributed by atoms with E-state index in [2.05, 4.69) is 20.3 Å². The molecule has 1 aliphatic rings. The molecule has 11 heteroatoms. The Morgan fingerprint density at radius 2 is 1.92 bits per heavy atom. The van der Waals surface area contributed by atoms with Crippen molar-refractivity contribution in [3.63, 3.8) is 0 Å². The van der Waals surface area contributed by atoms with Crippen molar-refractivity contribution in [2.45, 2.75) is 32.2 Å². The minimum Gasteiger partial charge on any atom is -0.494 e. The van der Waals surface area contributed by atoms with Crippen LogP contribution >= 0.6 is 0 Å². The maximum Gasteiger partial charge on any atom is 0.409 e. The number of nitrogens with zero attached hydrogens (tertiary/aromatic N) is 7. The predicted octanol–water partition coefficient (Wildman–Crippen LogP) is 3.26. The van der Waals surface area contributed by atoms with E-state index < -0.39 is 0 Å². The van der Waals surface area contributed by atoms with Crippen molar-refractivity contribution in [1.29, 1.82) is 0 Å². The van der Waals surface area contributed by atoms with Crippen LogP contribution in [0.5, 0.6) is 5.75 Å². The van der Waals surface area contributed by atoms with Crippen molar-refractivity contribution in [2.24, 2.45) is 0 Å². The molecule has 0 saturated carbocycles. The molecule has 0 spiro atoms. The molecule has 3 aromatic heterocycles. The monoisotopic (exact) mass is 488 g/mol. The van der Waals surface area contributed by atoms with Crippen LogP contribution in [0.2, 0.25) is 0 Å². The van der Waals surface area contributed by atoms with Crippen LogP contribution in [-0.2, 0) is 11.3 Å². The molecule has 0 aliphatic carbocycles. The highest BCUT2D eigenvalue weighted by Gasteiger charge is 2.25. The molecule has 36 heavy (non-hydrogen) atoms. The number of carbonyl (C=O) groups is 1. The van der Waals surface area contributed by atoms with Crippen LogP contribution in [-0.4, -0.2) is 67.7 Å². The number of methoxy groups -OCH3 is 1. The maximum atomic E-state index is 12.0. The van der Waals surface area contributed by atoms with E-state index >= 15 is 0 Å². The zero-order valence-electron chi connectivity index (χ0n) is 20.3. The average molecular weight is 489 g/mol. The topological polar surface area (TPSA) is 134 Å². The highest BCUT2D eigenvalue weighted by Crippen LogP contribution is 2.31. The van der Waals surface area contributed by atoms with E-state index in [1.807, 2.05) is 49.5 Å². The van der Waals surface area contributed by atoms with Crippen LogP contribution in [0, 0.1) is 0 Å². The Bertz CT molecular complexity index is 1380. The molecule has 4 aromatic rings. The number of aromatic nitrogens is 6. The number of pyridine rings is 1. The first-order valence-corrected chi connectivity index (χ1v) is 11.9. The van der Waals surface area contributed by atoms with Crippen LogP contribution < -0.4 is 10.5 Å². The third-order valence-corrected chi connectivity index (χ3v) is 6.30. The number of benzene rings is 1. The van der Waals surface area contributed by atoms with E-state index in [4.69, 9.17) is 20.2 Å². The molecule has 186 valence electrons. The van der Waals surface area contributed by atoms with E-state index in [1.54, 1.807) is 16.7 Å². The van der Waals surface area contributed by atoms with Gasteiger partial charge in [-0.05, 0) is 38.0 Å². The Hall–Kier alpha value is -4.28. The fourth-order valence-corrected chi connectivity index (χ4v) is 4.54. The molecule has 1 aliphatic heterocycles. The van der Waals surface area contributed by atoms with Crippen molar-refractivity contribution in [3.05, 3.63) is 54.0 Å². The Balaban J connectivity index is 1.32. The zero-order chi connectivity index (χ0) is 25.1. The number of para-hydroxylation sites is 1. The van der Waals surface area contributed by atoms with Crippen LogP contribution in [0.15, 0.2) is 42.6 Å². The molecule has 0 bridgehead atoms.